The van der Waals surface area contributed by atoms with Gasteiger partial charge in [0.05, 0.1) is 0 Å². The highest BCUT2D eigenvalue weighted by atomic mass is 14.7. The molecule has 0 aromatic carbocycles. The van der Waals surface area contributed by atoms with E-state index in [0.717, 1.165) is 12.5 Å². The molecule has 0 radical (unpaired) electrons. The molecule has 0 atom stereocenters. The average Bonchev–Trinajstić information content (AvgIpc) is 3.22. The lowest BCUT2D eigenvalue weighted by atomic mass is 10.3. The topological polar surface area (TPSA) is 12.4 Å². The smallest absolute Gasteiger partial charge is 0.0410 e. The maximum atomic E-state index is 3.75. The van der Waals surface area contributed by atoms with Crippen LogP contribution in [0.5, 0.6) is 0 Å². The van der Waals surface area contributed by atoms with E-state index in [1.165, 1.54) is 18.4 Å². The van der Waals surface area contributed by atoms with Gasteiger partial charge in [-0.1, -0.05) is 53.2 Å². The molecule has 0 heterocycles. The van der Waals surface area contributed by atoms with Crippen molar-refractivity contribution in [3.8, 4) is 0 Å². The Morgan fingerprint density at radius 2 is 1.35 bits per heavy atom. The van der Waals surface area contributed by atoms with Gasteiger partial charge in [-0.3, -0.25) is 0 Å². The lowest BCUT2D eigenvalue weighted by Gasteiger charge is -1.78. The first-order valence-electron chi connectivity index (χ1n) is 7.22. The molecule has 0 aromatic heterocycles. The molecule has 0 N–H and O–H groups in total. The zero-order valence-electron chi connectivity index (χ0n) is 13.9. The minimum Gasteiger partial charge on any atom is -0.301 e. The Labute approximate surface area is 111 Å². The molecule has 0 spiro atoms. The summed E-state index contributed by atoms with van der Waals surface area (Å²) >= 11 is 0. The second-order valence-corrected chi connectivity index (χ2v) is 3.22. The maximum absolute atomic E-state index is 3.75. The maximum Gasteiger partial charge on any atom is 0.0410 e. The largest absolute Gasteiger partial charge is 0.301 e. The molecule has 0 bridgehead atoms. The van der Waals surface area contributed by atoms with Crippen molar-refractivity contribution in [1.29, 1.82) is 0 Å². The van der Waals surface area contributed by atoms with E-state index in [4.69, 9.17) is 0 Å². The standard InChI is InChI=1S/C5H9N.C5H10.3C2H6/c1-6-4-5-2-3-5;1-4-5(2)3;3*1-2/h5H,1-4H2;4H,1-3H3;3*1-2H3. The molecule has 0 saturated heterocycles. The monoisotopic (exact) mass is 243 g/mol. The third-order valence-electron chi connectivity index (χ3n) is 1.66. The van der Waals surface area contributed by atoms with Gasteiger partial charge in [-0.25, -0.2) is 0 Å². The SMILES string of the molecule is C=NCC1CC1.CC.CC.CC.CC=C(C)C. The Morgan fingerprint density at radius 3 is 1.41 bits per heavy atom. The Hall–Kier alpha value is -0.590. The molecule has 1 fully saturated rings. The predicted molar refractivity (Wildman–Crippen MR) is 86.3 cm³/mol. The number of hydrogen-bond donors (Lipinski definition) is 0. The summed E-state index contributed by atoms with van der Waals surface area (Å²) in [4.78, 5) is 3.75. The van der Waals surface area contributed by atoms with Crippen molar-refractivity contribution in [2.75, 3.05) is 6.54 Å². The Kier molecular flexibility index (Phi) is 43.9. The predicted octanol–water partition coefficient (Wildman–Crippen LogP) is 6.15. The van der Waals surface area contributed by atoms with Crippen molar-refractivity contribution in [2.24, 2.45) is 10.9 Å². The summed E-state index contributed by atoms with van der Waals surface area (Å²) in [5.41, 5.74) is 1.38. The zero-order chi connectivity index (χ0) is 14.7. The van der Waals surface area contributed by atoms with Crippen molar-refractivity contribution < 1.29 is 0 Å². The lowest BCUT2D eigenvalue weighted by molar-refractivity contribution is 0.854. The highest BCUT2D eigenvalue weighted by Crippen LogP contribution is 2.28. The Bertz CT molecular complexity index is 128. The summed E-state index contributed by atoms with van der Waals surface area (Å²) in [6.45, 7) is 22.6. The van der Waals surface area contributed by atoms with Crippen LogP contribution < -0.4 is 0 Å². The summed E-state index contributed by atoms with van der Waals surface area (Å²) in [5, 5.41) is 0. The van der Waals surface area contributed by atoms with Gasteiger partial charge in [0, 0.05) is 6.54 Å². The second kappa shape index (κ2) is 29.5. The molecular formula is C16H37N. The van der Waals surface area contributed by atoms with Crippen LogP contribution in [0.15, 0.2) is 16.6 Å². The van der Waals surface area contributed by atoms with Crippen molar-refractivity contribution in [2.45, 2.75) is 75.2 Å². The molecule has 0 aliphatic heterocycles. The van der Waals surface area contributed by atoms with Crippen LogP contribution in [-0.4, -0.2) is 13.3 Å². The third-order valence-corrected chi connectivity index (χ3v) is 1.66. The number of hydrogen-bond acceptors (Lipinski definition) is 1. The lowest BCUT2D eigenvalue weighted by Crippen LogP contribution is -1.76. The minimum atomic E-state index is 0.919. The summed E-state index contributed by atoms with van der Waals surface area (Å²) in [6.07, 6.45) is 4.86. The van der Waals surface area contributed by atoms with Gasteiger partial charge in [-0.2, -0.15) is 0 Å². The van der Waals surface area contributed by atoms with E-state index in [0.29, 0.717) is 0 Å². The van der Waals surface area contributed by atoms with Gasteiger partial charge in [-0.05, 0) is 46.2 Å². The van der Waals surface area contributed by atoms with Crippen LogP contribution in [0.25, 0.3) is 0 Å². The van der Waals surface area contributed by atoms with Crippen LogP contribution in [0, 0.1) is 5.92 Å². The number of aliphatic imine (C=N–C) groups is 1. The summed E-state index contributed by atoms with van der Waals surface area (Å²) in [6, 6.07) is 0. The third kappa shape index (κ3) is 50.5. The van der Waals surface area contributed by atoms with Crippen molar-refractivity contribution in [1.82, 2.24) is 0 Å². The van der Waals surface area contributed by atoms with E-state index in [9.17, 15) is 0 Å². The van der Waals surface area contributed by atoms with Gasteiger partial charge >= 0.3 is 0 Å². The fourth-order valence-electron chi connectivity index (χ4n) is 0.483. The first-order valence-corrected chi connectivity index (χ1v) is 7.22. The van der Waals surface area contributed by atoms with Gasteiger partial charge in [0.1, 0.15) is 0 Å². The summed E-state index contributed by atoms with van der Waals surface area (Å²) in [7, 11) is 0. The first-order chi connectivity index (χ1) is 8.20. The summed E-state index contributed by atoms with van der Waals surface area (Å²) < 4.78 is 0. The van der Waals surface area contributed by atoms with E-state index >= 15 is 0 Å². The van der Waals surface area contributed by atoms with E-state index in [2.05, 4.69) is 31.6 Å². The van der Waals surface area contributed by atoms with Crippen molar-refractivity contribution in [3.05, 3.63) is 11.6 Å². The van der Waals surface area contributed by atoms with Gasteiger partial charge in [0.2, 0.25) is 0 Å². The number of nitrogens with zero attached hydrogens (tertiary/aromatic N) is 1. The minimum absolute atomic E-state index is 0.919. The van der Waals surface area contributed by atoms with E-state index < -0.39 is 0 Å². The molecule has 1 aliphatic carbocycles. The first kappa shape index (κ1) is 25.3. The van der Waals surface area contributed by atoms with E-state index in [1.807, 2.05) is 48.5 Å². The van der Waals surface area contributed by atoms with Crippen LogP contribution in [-0.2, 0) is 0 Å². The zero-order valence-corrected chi connectivity index (χ0v) is 13.9. The van der Waals surface area contributed by atoms with Crippen LogP contribution in [0.1, 0.15) is 75.2 Å². The van der Waals surface area contributed by atoms with Crippen LogP contribution >= 0.6 is 0 Å². The molecule has 106 valence electrons. The fraction of sp³-hybridized carbons (Fsp3) is 0.812. The molecule has 0 amide bonds. The Balaban J connectivity index is -0.0000000701. The van der Waals surface area contributed by atoms with Crippen molar-refractivity contribution >= 4 is 6.72 Å². The normalized spacial score (nSPS) is 10.4. The molecule has 1 nitrogen and oxygen atoms in total. The number of rotatable bonds is 2. The van der Waals surface area contributed by atoms with Gasteiger partial charge in [-0.15, -0.1) is 0 Å². The molecule has 1 saturated carbocycles. The molecule has 1 heteroatoms. The highest BCUT2D eigenvalue weighted by molar-refractivity contribution is 5.23. The average molecular weight is 243 g/mol. The Morgan fingerprint density at radius 1 is 1.06 bits per heavy atom. The van der Waals surface area contributed by atoms with E-state index in [-0.39, 0.29) is 0 Å². The van der Waals surface area contributed by atoms with Gasteiger partial charge in [0.15, 0.2) is 0 Å². The van der Waals surface area contributed by atoms with Gasteiger partial charge in [0.25, 0.3) is 0 Å². The highest BCUT2D eigenvalue weighted by Gasteiger charge is 2.19. The van der Waals surface area contributed by atoms with E-state index in [1.54, 1.807) is 0 Å². The molecule has 17 heavy (non-hydrogen) atoms. The molecular weight excluding hydrogens is 206 g/mol. The second-order valence-electron chi connectivity index (χ2n) is 3.22. The fourth-order valence-corrected chi connectivity index (χ4v) is 0.483. The van der Waals surface area contributed by atoms with Crippen LogP contribution in [0.2, 0.25) is 0 Å². The molecule has 0 aromatic rings. The molecule has 1 aliphatic rings. The molecule has 0 unspecified atom stereocenters. The van der Waals surface area contributed by atoms with Crippen molar-refractivity contribution in [3.63, 3.8) is 0 Å². The molecule has 1 rings (SSSR count). The van der Waals surface area contributed by atoms with Crippen LogP contribution in [0.4, 0.5) is 0 Å². The quantitative estimate of drug-likeness (QED) is 0.407. The summed E-state index contributed by atoms with van der Waals surface area (Å²) in [5.74, 6) is 0.919. The van der Waals surface area contributed by atoms with Gasteiger partial charge < -0.3 is 4.99 Å². The van der Waals surface area contributed by atoms with Crippen LogP contribution in [0.3, 0.4) is 0 Å². The number of allylic oxidation sites excluding steroid dienone is 2.